The second-order valence-electron chi connectivity index (χ2n) is 7.47. The minimum atomic E-state index is 0.334. The highest BCUT2D eigenvalue weighted by Gasteiger charge is 2.38. The number of fused-ring (bicyclic) bond motifs is 1. The second-order valence-corrected chi connectivity index (χ2v) is 7.85. The van der Waals surface area contributed by atoms with Crippen LogP contribution in [0.4, 0.5) is 0 Å². The molecule has 21 heavy (non-hydrogen) atoms. The van der Waals surface area contributed by atoms with Crippen LogP contribution in [0.25, 0.3) is 0 Å². The summed E-state index contributed by atoms with van der Waals surface area (Å²) in [6.45, 7) is 0.996. The highest BCUT2D eigenvalue weighted by Crippen LogP contribution is 2.43. The van der Waals surface area contributed by atoms with Gasteiger partial charge in [0, 0.05) is 24.4 Å². The van der Waals surface area contributed by atoms with Gasteiger partial charge in [0.1, 0.15) is 0 Å². The molecule has 0 aromatic heterocycles. The fourth-order valence-corrected chi connectivity index (χ4v) is 5.23. The molecule has 0 aromatic carbocycles. The van der Waals surface area contributed by atoms with E-state index in [1.54, 1.807) is 0 Å². The lowest BCUT2D eigenvalue weighted by Crippen LogP contribution is -2.42. The first-order chi connectivity index (χ1) is 10.3. The summed E-state index contributed by atoms with van der Waals surface area (Å²) in [7, 11) is 0. The standard InChI is InChI=1S/C18H30ClNO/c19-11-3-7-17-8-4-12-20(17)18(21)16-10-9-14-5-1-2-6-15(14)13-16/h14-17H,1-13H2. The Hall–Kier alpha value is -0.240. The van der Waals surface area contributed by atoms with Crippen LogP contribution in [0.3, 0.4) is 0 Å². The molecule has 0 N–H and O–H groups in total. The van der Waals surface area contributed by atoms with Crippen LogP contribution in [0.2, 0.25) is 0 Å². The Morgan fingerprint density at radius 2 is 1.81 bits per heavy atom. The fraction of sp³-hybridized carbons (Fsp3) is 0.944. The Labute approximate surface area is 134 Å². The summed E-state index contributed by atoms with van der Waals surface area (Å²) in [5.41, 5.74) is 0. The molecule has 3 fully saturated rings. The molecule has 1 heterocycles. The van der Waals surface area contributed by atoms with Crippen molar-refractivity contribution >= 4 is 17.5 Å². The summed E-state index contributed by atoms with van der Waals surface area (Å²) in [6, 6.07) is 0.486. The number of nitrogens with zero attached hydrogens (tertiary/aromatic N) is 1. The van der Waals surface area contributed by atoms with Gasteiger partial charge in [-0.3, -0.25) is 4.79 Å². The van der Waals surface area contributed by atoms with Crippen molar-refractivity contribution in [2.75, 3.05) is 12.4 Å². The van der Waals surface area contributed by atoms with Crippen LogP contribution in [-0.4, -0.2) is 29.3 Å². The monoisotopic (exact) mass is 311 g/mol. The van der Waals surface area contributed by atoms with Gasteiger partial charge in [0.2, 0.25) is 5.91 Å². The molecule has 120 valence electrons. The Morgan fingerprint density at radius 3 is 2.62 bits per heavy atom. The van der Waals surface area contributed by atoms with Gasteiger partial charge in [-0.05, 0) is 56.8 Å². The maximum absolute atomic E-state index is 12.9. The molecular formula is C18H30ClNO. The smallest absolute Gasteiger partial charge is 0.225 e. The molecule has 4 atom stereocenters. The topological polar surface area (TPSA) is 20.3 Å². The normalized spacial score (nSPS) is 36.5. The molecule has 1 amide bonds. The molecule has 3 heteroatoms. The highest BCUT2D eigenvalue weighted by atomic mass is 35.5. The Kier molecular flexibility index (Phi) is 5.48. The van der Waals surface area contributed by atoms with Gasteiger partial charge in [-0.25, -0.2) is 0 Å². The number of hydrogen-bond acceptors (Lipinski definition) is 1. The molecule has 1 aliphatic heterocycles. The van der Waals surface area contributed by atoms with Crippen LogP contribution in [0.15, 0.2) is 0 Å². The molecule has 1 saturated heterocycles. The van der Waals surface area contributed by atoms with Crippen LogP contribution in [-0.2, 0) is 4.79 Å². The Bertz CT molecular complexity index is 359. The fourth-order valence-electron chi connectivity index (χ4n) is 5.07. The lowest BCUT2D eigenvalue weighted by molar-refractivity contribution is -0.138. The minimum absolute atomic E-state index is 0.334. The molecule has 4 unspecified atom stereocenters. The quantitative estimate of drug-likeness (QED) is 0.695. The number of amides is 1. The molecule has 0 aromatic rings. The van der Waals surface area contributed by atoms with Gasteiger partial charge < -0.3 is 4.90 Å². The van der Waals surface area contributed by atoms with Crippen LogP contribution < -0.4 is 0 Å². The van der Waals surface area contributed by atoms with Gasteiger partial charge in [-0.1, -0.05) is 25.7 Å². The summed E-state index contributed by atoms with van der Waals surface area (Å²) in [5, 5.41) is 0. The maximum Gasteiger partial charge on any atom is 0.225 e. The molecule has 0 spiro atoms. The van der Waals surface area contributed by atoms with E-state index in [1.807, 2.05) is 0 Å². The van der Waals surface area contributed by atoms with Gasteiger partial charge in [-0.2, -0.15) is 0 Å². The number of rotatable bonds is 4. The number of carbonyl (C=O) groups is 1. The van der Waals surface area contributed by atoms with Crippen molar-refractivity contribution in [3.63, 3.8) is 0 Å². The highest BCUT2D eigenvalue weighted by molar-refractivity contribution is 6.17. The number of hydrogen-bond donors (Lipinski definition) is 0. The van der Waals surface area contributed by atoms with Crippen LogP contribution >= 0.6 is 11.6 Å². The lowest BCUT2D eigenvalue weighted by atomic mass is 9.67. The third-order valence-corrected chi connectivity index (χ3v) is 6.49. The van der Waals surface area contributed by atoms with E-state index in [0.29, 0.717) is 17.9 Å². The van der Waals surface area contributed by atoms with Crippen molar-refractivity contribution in [2.45, 2.75) is 76.7 Å². The average molecular weight is 312 g/mol. The summed E-state index contributed by atoms with van der Waals surface area (Å²) in [6.07, 6.45) is 13.8. The maximum atomic E-state index is 12.9. The second kappa shape index (κ2) is 7.35. The zero-order valence-electron chi connectivity index (χ0n) is 13.2. The van der Waals surface area contributed by atoms with E-state index in [0.717, 1.165) is 43.5 Å². The predicted molar refractivity (Wildman–Crippen MR) is 87.5 cm³/mol. The average Bonchev–Trinajstić information content (AvgIpc) is 3.00. The first kappa shape index (κ1) is 15.6. The molecule has 3 rings (SSSR count). The van der Waals surface area contributed by atoms with Crippen molar-refractivity contribution in [3.05, 3.63) is 0 Å². The number of alkyl halides is 1. The van der Waals surface area contributed by atoms with Crippen LogP contribution in [0.1, 0.15) is 70.6 Å². The molecule has 2 nitrogen and oxygen atoms in total. The molecule has 2 aliphatic carbocycles. The Morgan fingerprint density at radius 1 is 1.00 bits per heavy atom. The van der Waals surface area contributed by atoms with Crippen LogP contribution in [0, 0.1) is 17.8 Å². The predicted octanol–water partition coefficient (Wildman–Crippen LogP) is 4.60. The van der Waals surface area contributed by atoms with Gasteiger partial charge in [0.25, 0.3) is 0 Å². The lowest BCUT2D eigenvalue weighted by Gasteiger charge is -2.40. The number of likely N-dealkylation sites (tertiary alicyclic amines) is 1. The minimum Gasteiger partial charge on any atom is -0.339 e. The zero-order chi connectivity index (χ0) is 14.7. The SMILES string of the molecule is O=C(C1CCC2CCCCC2C1)N1CCCC1CCCCl. The zero-order valence-corrected chi connectivity index (χ0v) is 14.0. The van der Waals surface area contributed by atoms with Gasteiger partial charge >= 0.3 is 0 Å². The third kappa shape index (κ3) is 3.57. The van der Waals surface area contributed by atoms with E-state index >= 15 is 0 Å². The molecular weight excluding hydrogens is 282 g/mol. The van der Waals surface area contributed by atoms with Gasteiger partial charge in [-0.15, -0.1) is 11.6 Å². The molecule has 0 radical (unpaired) electrons. The summed E-state index contributed by atoms with van der Waals surface area (Å²) in [4.78, 5) is 15.2. The molecule has 2 saturated carbocycles. The first-order valence-electron chi connectivity index (χ1n) is 9.16. The van der Waals surface area contributed by atoms with E-state index in [-0.39, 0.29) is 0 Å². The number of halogens is 1. The molecule has 0 bridgehead atoms. The van der Waals surface area contributed by atoms with Gasteiger partial charge in [0.15, 0.2) is 0 Å². The van der Waals surface area contributed by atoms with Crippen LogP contribution in [0.5, 0.6) is 0 Å². The first-order valence-corrected chi connectivity index (χ1v) is 9.69. The van der Waals surface area contributed by atoms with E-state index < -0.39 is 0 Å². The van der Waals surface area contributed by atoms with E-state index in [2.05, 4.69) is 4.90 Å². The number of carbonyl (C=O) groups excluding carboxylic acids is 1. The van der Waals surface area contributed by atoms with E-state index in [9.17, 15) is 4.79 Å². The Balaban J connectivity index is 1.57. The van der Waals surface area contributed by atoms with E-state index in [4.69, 9.17) is 11.6 Å². The van der Waals surface area contributed by atoms with Crippen molar-refractivity contribution in [1.82, 2.24) is 4.90 Å². The van der Waals surface area contributed by atoms with Gasteiger partial charge in [0.05, 0.1) is 0 Å². The van der Waals surface area contributed by atoms with Crippen molar-refractivity contribution in [1.29, 1.82) is 0 Å². The summed E-state index contributed by atoms with van der Waals surface area (Å²) >= 11 is 5.83. The van der Waals surface area contributed by atoms with Crippen molar-refractivity contribution in [2.24, 2.45) is 17.8 Å². The van der Waals surface area contributed by atoms with Crippen molar-refractivity contribution < 1.29 is 4.79 Å². The third-order valence-electron chi connectivity index (χ3n) is 6.22. The van der Waals surface area contributed by atoms with E-state index in [1.165, 1.54) is 51.4 Å². The largest absolute Gasteiger partial charge is 0.339 e. The summed E-state index contributed by atoms with van der Waals surface area (Å²) in [5.74, 6) is 3.34. The van der Waals surface area contributed by atoms with Crippen molar-refractivity contribution in [3.8, 4) is 0 Å². The summed E-state index contributed by atoms with van der Waals surface area (Å²) < 4.78 is 0. The molecule has 3 aliphatic rings.